The normalized spacial score (nSPS) is 22.1. The van der Waals surface area contributed by atoms with Gasteiger partial charge in [0.1, 0.15) is 5.75 Å². The first-order chi connectivity index (χ1) is 14.6. The Morgan fingerprint density at radius 3 is 2.39 bits per heavy atom. The number of amides is 1. The molecule has 2 fully saturated rings. The largest absolute Gasteiger partial charge is 0.496 e. The minimum absolute atomic E-state index is 0.0110. The maximum atomic E-state index is 13.2. The van der Waals surface area contributed by atoms with E-state index < -0.39 is 0 Å². The van der Waals surface area contributed by atoms with Crippen molar-refractivity contribution in [2.24, 2.45) is 0 Å². The van der Waals surface area contributed by atoms with Crippen LogP contribution in [0.3, 0.4) is 0 Å². The molecule has 2 aliphatic rings. The zero-order chi connectivity index (χ0) is 22.5. The first-order valence-electron chi connectivity index (χ1n) is 11.3. The van der Waals surface area contributed by atoms with Crippen molar-refractivity contribution < 1.29 is 9.53 Å². The molecule has 0 aliphatic carbocycles. The number of hydrogen-bond acceptors (Lipinski definition) is 4. The molecule has 1 aromatic heterocycles. The Balaban J connectivity index is 1.46. The van der Waals surface area contributed by atoms with Crippen LogP contribution in [-0.2, 0) is 5.41 Å². The van der Waals surface area contributed by atoms with E-state index in [2.05, 4.69) is 68.5 Å². The third-order valence-corrected chi connectivity index (χ3v) is 7.27. The summed E-state index contributed by atoms with van der Waals surface area (Å²) in [6, 6.07) is 9.21. The van der Waals surface area contributed by atoms with Crippen LogP contribution in [-0.4, -0.2) is 53.0 Å². The lowest BCUT2D eigenvalue weighted by molar-refractivity contribution is 0.0568. The minimum Gasteiger partial charge on any atom is -0.496 e. The minimum atomic E-state index is -0.0110. The van der Waals surface area contributed by atoms with E-state index in [1.165, 1.54) is 16.7 Å². The van der Waals surface area contributed by atoms with Crippen LogP contribution in [0.1, 0.15) is 72.9 Å². The van der Waals surface area contributed by atoms with Crippen molar-refractivity contribution in [1.82, 2.24) is 14.8 Å². The highest BCUT2D eigenvalue weighted by molar-refractivity contribution is 5.94. The van der Waals surface area contributed by atoms with Crippen molar-refractivity contribution in [1.29, 1.82) is 0 Å². The number of carbonyl (C=O) groups excluding carboxylic acids is 1. The molecule has 2 bridgehead atoms. The van der Waals surface area contributed by atoms with Gasteiger partial charge in [0.05, 0.1) is 12.7 Å². The molecule has 0 N–H and O–H groups in total. The van der Waals surface area contributed by atoms with Crippen LogP contribution in [0.5, 0.6) is 5.75 Å². The molecule has 0 saturated carbocycles. The molecule has 5 nitrogen and oxygen atoms in total. The van der Waals surface area contributed by atoms with Gasteiger partial charge in [-0.05, 0) is 62.1 Å². The van der Waals surface area contributed by atoms with Gasteiger partial charge in [0.15, 0.2) is 0 Å². The number of aromatic nitrogens is 1. The first-order valence-corrected chi connectivity index (χ1v) is 11.3. The standard InChI is InChI=1S/C26H35N3O2/c1-16-17(2)23(31-7)10-9-22(16)18(3)28-14-21-12-20(28)15-29(21)25(30)19-8-11-24(27-13-19)26(4,5)6/h8-11,13,18,20-21H,12,14-15H2,1-7H3/t18-,20-,21-/m0/s1. The number of hydrogen-bond donors (Lipinski definition) is 0. The third kappa shape index (κ3) is 3.84. The third-order valence-electron chi connectivity index (χ3n) is 7.27. The van der Waals surface area contributed by atoms with Crippen LogP contribution < -0.4 is 4.74 Å². The maximum absolute atomic E-state index is 13.2. The summed E-state index contributed by atoms with van der Waals surface area (Å²) in [5.74, 6) is 1.06. The lowest BCUT2D eigenvalue weighted by atomic mass is 9.91. The molecule has 3 atom stereocenters. The van der Waals surface area contributed by atoms with Gasteiger partial charge in [-0.1, -0.05) is 26.8 Å². The van der Waals surface area contributed by atoms with Gasteiger partial charge in [0.25, 0.3) is 5.91 Å². The van der Waals surface area contributed by atoms with E-state index in [9.17, 15) is 4.79 Å². The molecule has 2 aromatic rings. The predicted molar refractivity (Wildman–Crippen MR) is 124 cm³/mol. The smallest absolute Gasteiger partial charge is 0.255 e. The number of methoxy groups -OCH3 is 1. The molecule has 2 aliphatic heterocycles. The fraction of sp³-hybridized carbons (Fsp3) is 0.538. The second-order valence-corrected chi connectivity index (χ2v) is 10.2. The van der Waals surface area contributed by atoms with Crippen molar-refractivity contribution in [3.63, 3.8) is 0 Å². The van der Waals surface area contributed by atoms with Crippen molar-refractivity contribution in [3.05, 3.63) is 58.4 Å². The van der Waals surface area contributed by atoms with E-state index in [1.54, 1.807) is 13.3 Å². The van der Waals surface area contributed by atoms with E-state index in [4.69, 9.17) is 4.74 Å². The Labute approximate surface area is 186 Å². The second kappa shape index (κ2) is 7.94. The number of piperazine rings is 1. The van der Waals surface area contributed by atoms with Crippen molar-refractivity contribution >= 4 is 5.91 Å². The molecule has 4 rings (SSSR count). The van der Waals surface area contributed by atoms with Crippen LogP contribution in [0.2, 0.25) is 0 Å². The number of benzene rings is 1. The van der Waals surface area contributed by atoms with Gasteiger partial charge in [0.2, 0.25) is 0 Å². The van der Waals surface area contributed by atoms with E-state index in [0.29, 0.717) is 17.6 Å². The number of fused-ring (bicyclic) bond motifs is 2. The number of nitrogens with zero attached hydrogens (tertiary/aromatic N) is 3. The van der Waals surface area contributed by atoms with E-state index >= 15 is 0 Å². The fourth-order valence-electron chi connectivity index (χ4n) is 5.22. The van der Waals surface area contributed by atoms with Gasteiger partial charge in [-0.25, -0.2) is 0 Å². The van der Waals surface area contributed by atoms with Crippen LogP contribution >= 0.6 is 0 Å². The van der Waals surface area contributed by atoms with Crippen molar-refractivity contribution in [2.75, 3.05) is 20.2 Å². The number of carbonyl (C=O) groups is 1. The summed E-state index contributed by atoms with van der Waals surface area (Å²) in [7, 11) is 1.72. The SMILES string of the molecule is COc1ccc([C@H](C)N2C[C@@H]3C[C@H]2CN3C(=O)c2ccc(C(C)(C)C)nc2)c(C)c1C. The summed E-state index contributed by atoms with van der Waals surface area (Å²) in [5.41, 5.74) is 5.56. The average molecular weight is 422 g/mol. The molecule has 0 spiro atoms. The van der Waals surface area contributed by atoms with Gasteiger partial charge in [-0.2, -0.15) is 0 Å². The molecule has 3 heterocycles. The van der Waals surface area contributed by atoms with Crippen LogP contribution in [0.15, 0.2) is 30.5 Å². The van der Waals surface area contributed by atoms with Gasteiger partial charge in [-0.15, -0.1) is 0 Å². The highest BCUT2D eigenvalue weighted by Gasteiger charge is 2.47. The molecule has 1 aromatic carbocycles. The number of likely N-dealkylation sites (tertiary alicyclic amines) is 2. The number of ether oxygens (including phenoxy) is 1. The molecular formula is C26H35N3O2. The average Bonchev–Trinajstić information content (AvgIpc) is 3.35. The second-order valence-electron chi connectivity index (χ2n) is 10.2. The van der Waals surface area contributed by atoms with Gasteiger partial charge < -0.3 is 9.64 Å². The number of rotatable bonds is 4. The summed E-state index contributed by atoms with van der Waals surface area (Å²) >= 11 is 0. The molecule has 0 radical (unpaired) electrons. The highest BCUT2D eigenvalue weighted by atomic mass is 16.5. The molecule has 166 valence electrons. The van der Waals surface area contributed by atoms with E-state index in [0.717, 1.165) is 31.0 Å². The Bertz CT molecular complexity index is 977. The molecule has 2 saturated heterocycles. The molecule has 31 heavy (non-hydrogen) atoms. The maximum Gasteiger partial charge on any atom is 0.255 e. The van der Waals surface area contributed by atoms with Crippen molar-refractivity contribution in [3.8, 4) is 5.75 Å². The summed E-state index contributed by atoms with van der Waals surface area (Å²) in [5, 5.41) is 0. The summed E-state index contributed by atoms with van der Waals surface area (Å²) in [4.78, 5) is 22.4. The lowest BCUT2D eigenvalue weighted by Gasteiger charge is -2.38. The Morgan fingerprint density at radius 2 is 1.84 bits per heavy atom. The fourth-order valence-corrected chi connectivity index (χ4v) is 5.22. The van der Waals surface area contributed by atoms with Gasteiger partial charge >= 0.3 is 0 Å². The first kappa shape index (κ1) is 21.8. The lowest BCUT2D eigenvalue weighted by Crippen LogP contribution is -2.49. The number of pyridine rings is 1. The summed E-state index contributed by atoms with van der Waals surface area (Å²) in [6.07, 6.45) is 2.80. The van der Waals surface area contributed by atoms with E-state index in [1.807, 2.05) is 12.1 Å². The van der Waals surface area contributed by atoms with Crippen LogP contribution in [0, 0.1) is 13.8 Å². The zero-order valence-corrected chi connectivity index (χ0v) is 19.9. The highest BCUT2D eigenvalue weighted by Crippen LogP contribution is 2.39. The quantitative estimate of drug-likeness (QED) is 0.720. The Hall–Kier alpha value is -2.40. The van der Waals surface area contributed by atoms with Gasteiger partial charge in [-0.3, -0.25) is 14.7 Å². The molecule has 0 unspecified atom stereocenters. The Kier molecular flexibility index (Phi) is 5.59. The van der Waals surface area contributed by atoms with E-state index in [-0.39, 0.29) is 17.4 Å². The summed E-state index contributed by atoms with van der Waals surface area (Å²) in [6.45, 7) is 14.7. The van der Waals surface area contributed by atoms with Crippen LogP contribution in [0.25, 0.3) is 0 Å². The molecule has 1 amide bonds. The molecular weight excluding hydrogens is 386 g/mol. The summed E-state index contributed by atoms with van der Waals surface area (Å²) < 4.78 is 5.48. The zero-order valence-electron chi connectivity index (χ0n) is 19.9. The monoisotopic (exact) mass is 421 g/mol. The van der Waals surface area contributed by atoms with Crippen LogP contribution in [0.4, 0.5) is 0 Å². The molecule has 5 heteroatoms. The topological polar surface area (TPSA) is 45.7 Å². The Morgan fingerprint density at radius 1 is 1.10 bits per heavy atom. The predicted octanol–water partition coefficient (Wildman–Crippen LogP) is 4.66. The van der Waals surface area contributed by atoms with Crippen molar-refractivity contribution in [2.45, 2.75) is 71.5 Å². The van der Waals surface area contributed by atoms with Gasteiger partial charge in [0, 0.05) is 48.5 Å².